The Morgan fingerprint density at radius 1 is 1.14 bits per heavy atom. The smallest absolute Gasteiger partial charge is 0.169 e. The van der Waals surface area contributed by atoms with Crippen LogP contribution in [0.5, 0.6) is 11.5 Å². The van der Waals surface area contributed by atoms with Crippen molar-refractivity contribution in [3.8, 4) is 11.5 Å². The molecule has 0 aliphatic heterocycles. The summed E-state index contributed by atoms with van der Waals surface area (Å²) in [5.41, 5.74) is 4.33. The van der Waals surface area contributed by atoms with Gasteiger partial charge >= 0.3 is 0 Å². The maximum absolute atomic E-state index is 10.7. The quantitative estimate of drug-likeness (QED) is 0.646. The molecule has 0 aliphatic rings. The minimum atomic E-state index is -1.21. The van der Waals surface area contributed by atoms with Crippen LogP contribution < -0.4 is 20.0 Å². The third-order valence-electron chi connectivity index (χ3n) is 2.95. The molecule has 0 heterocycles. The van der Waals surface area contributed by atoms with Gasteiger partial charge < -0.3 is 19.4 Å². The topological polar surface area (TPSA) is 83.0 Å². The Morgan fingerprint density at radius 3 is 2.45 bits per heavy atom. The summed E-state index contributed by atoms with van der Waals surface area (Å²) in [6.07, 6.45) is 1.59. The Morgan fingerprint density at radius 2 is 1.86 bits per heavy atom. The van der Waals surface area contributed by atoms with Gasteiger partial charge in [-0.05, 0) is 29.8 Å². The number of ether oxygens (including phenoxy) is 2. The summed E-state index contributed by atoms with van der Waals surface area (Å²) < 4.78 is 10.5. The number of carbonyl (C=O) groups excluding carboxylic acids is 1. The van der Waals surface area contributed by atoms with Gasteiger partial charge in [0.15, 0.2) is 11.5 Å². The molecule has 0 radical (unpaired) electrons. The Balaban J connectivity index is 2.11. The van der Waals surface area contributed by atoms with Gasteiger partial charge in [0.05, 0.1) is 32.1 Å². The number of nitrogens with one attached hydrogen (secondary N) is 1. The van der Waals surface area contributed by atoms with Crippen molar-refractivity contribution in [2.24, 2.45) is 5.10 Å². The molecule has 0 aromatic heterocycles. The predicted octanol–water partition coefficient (Wildman–Crippen LogP) is 1.51. The second-order valence-corrected chi connectivity index (χ2v) is 4.32. The minimum absolute atomic E-state index is 0.115. The molecule has 0 atom stereocenters. The van der Waals surface area contributed by atoms with Crippen LogP contribution in [0.15, 0.2) is 47.6 Å². The molecule has 2 aromatic rings. The first-order valence-electron chi connectivity index (χ1n) is 6.47. The lowest BCUT2D eigenvalue weighted by Crippen LogP contribution is -2.21. The van der Waals surface area contributed by atoms with Crippen LogP contribution in [-0.4, -0.2) is 26.4 Å². The highest BCUT2D eigenvalue weighted by molar-refractivity contribution is 5.87. The van der Waals surface area contributed by atoms with Gasteiger partial charge in [-0.3, -0.25) is 5.43 Å². The first-order chi connectivity index (χ1) is 10.7. The zero-order valence-electron chi connectivity index (χ0n) is 12.2. The second-order valence-electron chi connectivity index (χ2n) is 4.32. The van der Waals surface area contributed by atoms with E-state index in [-0.39, 0.29) is 5.56 Å². The van der Waals surface area contributed by atoms with Crippen LogP contribution in [0.1, 0.15) is 15.9 Å². The van der Waals surface area contributed by atoms with Crippen molar-refractivity contribution in [3.05, 3.63) is 53.6 Å². The molecule has 6 nitrogen and oxygen atoms in total. The van der Waals surface area contributed by atoms with Crippen LogP contribution in [0.3, 0.4) is 0 Å². The molecule has 0 spiro atoms. The van der Waals surface area contributed by atoms with Crippen molar-refractivity contribution in [2.45, 2.75) is 0 Å². The summed E-state index contributed by atoms with van der Waals surface area (Å²) >= 11 is 0. The number of benzene rings is 2. The number of anilines is 1. The number of para-hydroxylation sites is 1. The van der Waals surface area contributed by atoms with E-state index in [1.54, 1.807) is 38.6 Å². The van der Waals surface area contributed by atoms with Crippen molar-refractivity contribution in [1.29, 1.82) is 0 Å². The summed E-state index contributed by atoms with van der Waals surface area (Å²) in [5.74, 6) is -0.0104. The van der Waals surface area contributed by atoms with Crippen LogP contribution >= 0.6 is 0 Å². The molecule has 2 aromatic carbocycles. The Labute approximate surface area is 128 Å². The van der Waals surface area contributed by atoms with Crippen molar-refractivity contribution in [2.75, 3.05) is 19.6 Å². The fourth-order valence-corrected chi connectivity index (χ4v) is 1.87. The summed E-state index contributed by atoms with van der Waals surface area (Å²) in [5, 5.41) is 14.8. The van der Waals surface area contributed by atoms with Gasteiger partial charge in [-0.15, -0.1) is 0 Å². The summed E-state index contributed by atoms with van der Waals surface area (Å²) in [7, 11) is 3.12. The predicted molar refractivity (Wildman–Crippen MR) is 81.5 cm³/mol. The molecular formula is C16H15N2O4-. The Bertz CT molecular complexity index is 681. The zero-order valence-corrected chi connectivity index (χ0v) is 12.2. The van der Waals surface area contributed by atoms with Crippen LogP contribution in [0.2, 0.25) is 0 Å². The van der Waals surface area contributed by atoms with Crippen molar-refractivity contribution in [1.82, 2.24) is 0 Å². The number of carboxylic acid groups (broad SMARTS) is 1. The number of carbonyl (C=O) groups is 1. The number of rotatable bonds is 6. The molecule has 22 heavy (non-hydrogen) atoms. The van der Waals surface area contributed by atoms with Crippen molar-refractivity contribution < 1.29 is 19.4 Å². The largest absolute Gasteiger partial charge is 0.545 e. The van der Waals surface area contributed by atoms with Gasteiger partial charge in [0.25, 0.3) is 0 Å². The van der Waals surface area contributed by atoms with Crippen molar-refractivity contribution >= 4 is 17.9 Å². The molecule has 0 aliphatic carbocycles. The van der Waals surface area contributed by atoms with Crippen molar-refractivity contribution in [3.63, 3.8) is 0 Å². The average molecular weight is 299 g/mol. The monoisotopic (exact) mass is 299 g/mol. The fourth-order valence-electron chi connectivity index (χ4n) is 1.87. The molecule has 1 N–H and O–H groups in total. The number of hydrogen-bond acceptors (Lipinski definition) is 6. The zero-order chi connectivity index (χ0) is 15.9. The first-order valence-corrected chi connectivity index (χ1v) is 6.47. The molecule has 2 rings (SSSR count). The lowest BCUT2D eigenvalue weighted by molar-refractivity contribution is -0.255. The first kappa shape index (κ1) is 15.4. The van der Waals surface area contributed by atoms with E-state index in [0.29, 0.717) is 17.2 Å². The van der Waals surface area contributed by atoms with E-state index in [4.69, 9.17) is 9.47 Å². The SMILES string of the molecule is COc1cccc(/C=N\Nc2ccc(C(=O)[O-])cc2)c1OC. The lowest BCUT2D eigenvalue weighted by atomic mass is 10.2. The Hall–Kier alpha value is -3.02. The van der Waals surface area contributed by atoms with E-state index in [2.05, 4.69) is 10.5 Å². The summed E-state index contributed by atoms with van der Waals surface area (Å²) in [6.45, 7) is 0. The fraction of sp³-hybridized carbons (Fsp3) is 0.125. The molecule has 0 fully saturated rings. The molecule has 0 unspecified atom stereocenters. The molecular weight excluding hydrogens is 284 g/mol. The van der Waals surface area contributed by atoms with Gasteiger partial charge in [-0.2, -0.15) is 5.10 Å². The number of hydrazone groups is 1. The maximum Gasteiger partial charge on any atom is 0.169 e. The number of hydrogen-bond donors (Lipinski definition) is 1. The van der Waals surface area contributed by atoms with Gasteiger partial charge in [-0.1, -0.05) is 18.2 Å². The standard InChI is InChI=1S/C16H16N2O4/c1-21-14-5-3-4-12(15(14)22-2)10-17-18-13-8-6-11(7-9-13)16(19)20/h3-10,18H,1-2H3,(H,19,20)/p-1/b17-10-. The summed E-state index contributed by atoms with van der Waals surface area (Å²) in [6, 6.07) is 11.6. The van der Waals surface area contributed by atoms with Crippen LogP contribution in [0.25, 0.3) is 0 Å². The van der Waals surface area contributed by atoms with E-state index >= 15 is 0 Å². The molecule has 0 amide bonds. The van der Waals surface area contributed by atoms with E-state index in [0.717, 1.165) is 5.56 Å². The number of nitrogens with zero attached hydrogens (tertiary/aromatic N) is 1. The highest BCUT2D eigenvalue weighted by Crippen LogP contribution is 2.29. The average Bonchev–Trinajstić information content (AvgIpc) is 2.55. The Kier molecular flexibility index (Phi) is 4.98. The number of methoxy groups -OCH3 is 2. The third-order valence-corrected chi connectivity index (χ3v) is 2.95. The summed E-state index contributed by atoms with van der Waals surface area (Å²) in [4.78, 5) is 10.7. The van der Waals surface area contributed by atoms with Gasteiger partial charge in [0.1, 0.15) is 0 Å². The number of aromatic carboxylic acids is 1. The molecule has 114 valence electrons. The van der Waals surface area contributed by atoms with E-state index in [1.807, 2.05) is 12.1 Å². The normalized spacial score (nSPS) is 10.5. The van der Waals surface area contributed by atoms with Crippen LogP contribution in [0, 0.1) is 0 Å². The van der Waals surface area contributed by atoms with Gasteiger partial charge in [0.2, 0.25) is 0 Å². The molecule has 0 saturated heterocycles. The molecule has 6 heteroatoms. The van der Waals surface area contributed by atoms with Crippen LogP contribution in [-0.2, 0) is 0 Å². The molecule has 0 bridgehead atoms. The van der Waals surface area contributed by atoms with Crippen LogP contribution in [0.4, 0.5) is 5.69 Å². The van der Waals surface area contributed by atoms with Gasteiger partial charge in [0, 0.05) is 5.56 Å². The van der Waals surface area contributed by atoms with E-state index < -0.39 is 5.97 Å². The van der Waals surface area contributed by atoms with E-state index in [1.165, 1.54) is 12.1 Å². The second kappa shape index (κ2) is 7.12. The number of carboxylic acids is 1. The minimum Gasteiger partial charge on any atom is -0.545 e. The third kappa shape index (κ3) is 3.54. The highest BCUT2D eigenvalue weighted by atomic mass is 16.5. The molecule has 0 saturated carbocycles. The van der Waals surface area contributed by atoms with E-state index in [9.17, 15) is 9.90 Å². The maximum atomic E-state index is 10.7. The highest BCUT2D eigenvalue weighted by Gasteiger charge is 2.07. The lowest BCUT2D eigenvalue weighted by Gasteiger charge is -2.09. The van der Waals surface area contributed by atoms with Gasteiger partial charge in [-0.25, -0.2) is 0 Å².